The second kappa shape index (κ2) is 7.13. The predicted octanol–water partition coefficient (Wildman–Crippen LogP) is 0.332. The molecule has 25 heavy (non-hydrogen) atoms. The van der Waals surface area contributed by atoms with Crippen LogP contribution in [0.1, 0.15) is 20.3 Å². The van der Waals surface area contributed by atoms with Crippen LogP contribution in [0.15, 0.2) is 12.4 Å². The van der Waals surface area contributed by atoms with Gasteiger partial charge in [-0.05, 0) is 13.8 Å². The second-order valence-corrected chi connectivity index (χ2v) is 7.51. The van der Waals surface area contributed by atoms with Crippen LogP contribution >= 0.6 is 0 Å². The number of aromatic nitrogens is 2. The molecule has 0 spiro atoms. The van der Waals surface area contributed by atoms with Crippen molar-refractivity contribution in [2.24, 2.45) is 5.92 Å². The normalized spacial score (nSPS) is 23.9. The number of nitrogens with zero attached hydrogens (tertiary/aromatic N) is 4. The number of anilines is 1. The highest BCUT2D eigenvalue weighted by atomic mass is 16.5. The fourth-order valence-corrected chi connectivity index (χ4v) is 3.53. The first-order valence-electron chi connectivity index (χ1n) is 8.76. The first kappa shape index (κ1) is 17.9. The molecule has 1 N–H and O–H groups in total. The van der Waals surface area contributed by atoms with Gasteiger partial charge in [0.1, 0.15) is 0 Å². The minimum atomic E-state index is -0.284. The molecule has 8 nitrogen and oxygen atoms in total. The molecule has 0 aromatic carbocycles. The van der Waals surface area contributed by atoms with Crippen molar-refractivity contribution in [2.75, 3.05) is 51.3 Å². The van der Waals surface area contributed by atoms with E-state index in [1.54, 1.807) is 22.2 Å². The molecule has 2 fully saturated rings. The Morgan fingerprint density at radius 1 is 1.52 bits per heavy atom. The lowest BCUT2D eigenvalue weighted by molar-refractivity contribution is -0.135. The van der Waals surface area contributed by atoms with E-state index in [1.807, 2.05) is 7.05 Å². The number of H-pyrrole nitrogens is 1. The van der Waals surface area contributed by atoms with Crippen molar-refractivity contribution in [2.45, 2.75) is 25.9 Å². The van der Waals surface area contributed by atoms with Crippen LogP contribution in [0.3, 0.4) is 0 Å². The second-order valence-electron chi connectivity index (χ2n) is 7.51. The summed E-state index contributed by atoms with van der Waals surface area (Å²) >= 11 is 0. The molecule has 3 rings (SSSR count). The monoisotopic (exact) mass is 349 g/mol. The first-order valence-corrected chi connectivity index (χ1v) is 8.76. The Morgan fingerprint density at radius 2 is 2.32 bits per heavy atom. The zero-order chi connectivity index (χ0) is 18.0. The van der Waals surface area contributed by atoms with Gasteiger partial charge in [0.05, 0.1) is 30.0 Å². The Hall–Kier alpha value is -1.93. The van der Waals surface area contributed by atoms with Gasteiger partial charge in [0.25, 0.3) is 0 Å². The molecule has 2 aliphatic rings. The maximum Gasteiger partial charge on any atom is 0.227 e. The highest BCUT2D eigenvalue weighted by Crippen LogP contribution is 2.25. The molecule has 2 saturated heterocycles. The Bertz CT molecular complexity index is 616. The minimum absolute atomic E-state index is 0.0249. The van der Waals surface area contributed by atoms with Gasteiger partial charge >= 0.3 is 0 Å². The topological polar surface area (TPSA) is 81.8 Å². The van der Waals surface area contributed by atoms with Crippen molar-refractivity contribution in [3.05, 3.63) is 12.4 Å². The molecule has 2 aliphatic heterocycles. The van der Waals surface area contributed by atoms with Crippen LogP contribution < -0.4 is 4.90 Å². The van der Waals surface area contributed by atoms with Crippen molar-refractivity contribution < 1.29 is 14.3 Å². The molecule has 0 saturated carbocycles. The third-order valence-electron chi connectivity index (χ3n) is 4.90. The van der Waals surface area contributed by atoms with Crippen LogP contribution in [-0.4, -0.2) is 83.8 Å². The van der Waals surface area contributed by atoms with Gasteiger partial charge in [-0.15, -0.1) is 0 Å². The summed E-state index contributed by atoms with van der Waals surface area (Å²) in [6.07, 6.45) is 3.54. The fourth-order valence-electron chi connectivity index (χ4n) is 3.53. The average Bonchev–Trinajstić information content (AvgIpc) is 3.20. The van der Waals surface area contributed by atoms with Gasteiger partial charge in [0.15, 0.2) is 0 Å². The summed E-state index contributed by atoms with van der Waals surface area (Å²) in [6, 6.07) is 0. The Kier molecular flexibility index (Phi) is 5.10. The van der Waals surface area contributed by atoms with Crippen LogP contribution in [0.4, 0.5) is 5.69 Å². The number of hydrogen-bond donors (Lipinski definition) is 1. The van der Waals surface area contributed by atoms with Gasteiger partial charge in [-0.25, -0.2) is 0 Å². The lowest BCUT2D eigenvalue weighted by Crippen LogP contribution is -2.50. The molecule has 0 radical (unpaired) electrons. The average molecular weight is 349 g/mol. The smallest absolute Gasteiger partial charge is 0.227 e. The predicted molar refractivity (Wildman–Crippen MR) is 93.2 cm³/mol. The highest BCUT2D eigenvalue weighted by Gasteiger charge is 2.37. The molecule has 1 aromatic rings. The summed E-state index contributed by atoms with van der Waals surface area (Å²) in [7, 11) is 1.82. The molecule has 1 atom stereocenters. The zero-order valence-corrected chi connectivity index (χ0v) is 15.2. The van der Waals surface area contributed by atoms with Crippen molar-refractivity contribution >= 4 is 17.5 Å². The third kappa shape index (κ3) is 4.19. The van der Waals surface area contributed by atoms with Crippen molar-refractivity contribution in [3.8, 4) is 0 Å². The van der Waals surface area contributed by atoms with Crippen molar-refractivity contribution in [3.63, 3.8) is 0 Å². The lowest BCUT2D eigenvalue weighted by Gasteiger charge is -2.38. The van der Waals surface area contributed by atoms with E-state index in [1.165, 1.54) is 0 Å². The van der Waals surface area contributed by atoms with Gasteiger partial charge < -0.3 is 14.5 Å². The molecule has 3 heterocycles. The largest absolute Gasteiger partial charge is 0.373 e. The number of carbonyl (C=O) groups is 2. The molecule has 2 amide bonds. The Labute approximate surface area is 148 Å². The molecule has 8 heteroatoms. The van der Waals surface area contributed by atoms with E-state index < -0.39 is 0 Å². The van der Waals surface area contributed by atoms with Gasteiger partial charge in [-0.3, -0.25) is 19.6 Å². The standard InChI is InChI=1S/C17H27N5O3/c1-17(2)12-21(6-7-25-17)5-4-20(3)16(24)13-8-15(23)22(11-13)14-9-18-19-10-14/h9-10,13H,4-8,11-12H2,1-3H3,(H,18,19). The fraction of sp³-hybridized carbons (Fsp3) is 0.706. The Balaban J connectivity index is 1.50. The quantitative estimate of drug-likeness (QED) is 0.829. The van der Waals surface area contributed by atoms with Crippen LogP contribution in [0.25, 0.3) is 0 Å². The van der Waals surface area contributed by atoms with E-state index in [2.05, 4.69) is 28.9 Å². The summed E-state index contributed by atoms with van der Waals surface area (Å²) in [5, 5.41) is 6.57. The number of hydrogen-bond acceptors (Lipinski definition) is 5. The van der Waals surface area contributed by atoms with Crippen LogP contribution in [0.2, 0.25) is 0 Å². The summed E-state index contributed by atoms with van der Waals surface area (Å²) < 4.78 is 5.72. The molecule has 0 aliphatic carbocycles. The highest BCUT2D eigenvalue weighted by molar-refractivity contribution is 6.00. The molecule has 0 bridgehead atoms. The number of nitrogens with one attached hydrogen (secondary N) is 1. The number of likely N-dealkylation sites (N-methyl/N-ethyl adjacent to an activating group) is 1. The van der Waals surface area contributed by atoms with Crippen molar-refractivity contribution in [1.29, 1.82) is 0 Å². The number of ether oxygens (including phenoxy) is 1. The van der Waals surface area contributed by atoms with Crippen LogP contribution in [0.5, 0.6) is 0 Å². The molecule has 138 valence electrons. The summed E-state index contributed by atoms with van der Waals surface area (Å²) in [5.74, 6) is -0.275. The zero-order valence-electron chi connectivity index (χ0n) is 15.2. The van der Waals surface area contributed by atoms with Crippen LogP contribution in [-0.2, 0) is 14.3 Å². The van der Waals surface area contributed by atoms with Gasteiger partial charge in [0.2, 0.25) is 11.8 Å². The number of amides is 2. The molecule has 1 aromatic heterocycles. The van der Waals surface area contributed by atoms with E-state index in [4.69, 9.17) is 4.74 Å². The maximum atomic E-state index is 12.7. The lowest BCUT2D eigenvalue weighted by atomic mass is 10.1. The third-order valence-corrected chi connectivity index (χ3v) is 4.90. The molecular weight excluding hydrogens is 322 g/mol. The van der Waals surface area contributed by atoms with Crippen molar-refractivity contribution in [1.82, 2.24) is 20.0 Å². The van der Waals surface area contributed by atoms with E-state index in [0.29, 0.717) is 13.1 Å². The summed E-state index contributed by atoms with van der Waals surface area (Å²) in [4.78, 5) is 30.6. The summed E-state index contributed by atoms with van der Waals surface area (Å²) in [5.41, 5.74) is 0.586. The van der Waals surface area contributed by atoms with Gasteiger partial charge in [0, 0.05) is 52.4 Å². The maximum absolute atomic E-state index is 12.7. The number of aromatic amines is 1. The SMILES string of the molecule is CN(CCN1CCOC(C)(C)C1)C(=O)C1CC(=O)N(c2cn[nH]c2)C1. The van der Waals surface area contributed by atoms with Gasteiger partial charge in [-0.1, -0.05) is 0 Å². The van der Waals surface area contributed by atoms with Crippen LogP contribution in [0, 0.1) is 5.92 Å². The molecule has 1 unspecified atom stereocenters. The van der Waals surface area contributed by atoms with E-state index in [0.717, 1.165) is 31.9 Å². The number of rotatable bonds is 5. The minimum Gasteiger partial charge on any atom is -0.373 e. The van der Waals surface area contributed by atoms with E-state index >= 15 is 0 Å². The number of carbonyl (C=O) groups excluding carboxylic acids is 2. The summed E-state index contributed by atoms with van der Waals surface area (Å²) in [6.45, 7) is 8.55. The van der Waals surface area contributed by atoms with Gasteiger partial charge in [-0.2, -0.15) is 5.10 Å². The van der Waals surface area contributed by atoms with E-state index in [-0.39, 0.29) is 29.8 Å². The first-order chi connectivity index (χ1) is 11.9. The Morgan fingerprint density at radius 3 is 3.00 bits per heavy atom. The number of morpholine rings is 1. The molecular formula is C17H27N5O3. The van der Waals surface area contributed by atoms with E-state index in [9.17, 15) is 9.59 Å².